The van der Waals surface area contributed by atoms with Crippen LogP contribution in [0.25, 0.3) is 5.65 Å². The van der Waals surface area contributed by atoms with Gasteiger partial charge in [-0.15, -0.1) is 0 Å². The Morgan fingerprint density at radius 3 is 2.87 bits per heavy atom. The lowest BCUT2D eigenvalue weighted by atomic mass is 10.2. The van der Waals surface area contributed by atoms with Crippen molar-refractivity contribution in [3.8, 4) is 5.75 Å². The Hall–Kier alpha value is -1.84. The van der Waals surface area contributed by atoms with Crippen molar-refractivity contribution in [3.63, 3.8) is 0 Å². The first-order valence-corrected chi connectivity index (χ1v) is 4.84. The summed E-state index contributed by atoms with van der Waals surface area (Å²) < 4.78 is 1.36. The lowest BCUT2D eigenvalue weighted by molar-refractivity contribution is 0.454. The van der Waals surface area contributed by atoms with Gasteiger partial charge in [-0.05, 0) is 25.0 Å². The Labute approximate surface area is 86.8 Å². The third-order valence-electron chi connectivity index (χ3n) is 2.35. The van der Waals surface area contributed by atoms with Crippen LogP contribution in [-0.2, 0) is 6.42 Å². The molecule has 78 valence electrons. The maximum atomic E-state index is 11.7. The van der Waals surface area contributed by atoms with Crippen molar-refractivity contribution in [2.24, 2.45) is 0 Å². The van der Waals surface area contributed by atoms with Gasteiger partial charge < -0.3 is 5.11 Å². The monoisotopic (exact) mass is 204 g/mol. The normalized spacial score (nSPS) is 10.8. The molecule has 0 saturated carbocycles. The maximum Gasteiger partial charge on any atom is 0.300 e. The summed E-state index contributed by atoms with van der Waals surface area (Å²) in [4.78, 5) is 15.9. The zero-order chi connectivity index (χ0) is 11.0. The molecular weight excluding hydrogens is 192 g/mol. The Balaban J connectivity index is 2.91. The molecule has 0 amide bonds. The Morgan fingerprint density at radius 2 is 2.20 bits per heavy atom. The maximum absolute atomic E-state index is 11.7. The van der Waals surface area contributed by atoms with E-state index in [4.69, 9.17) is 0 Å². The number of rotatable bonds is 1. The van der Waals surface area contributed by atoms with Gasteiger partial charge in [0.15, 0.2) is 0 Å². The fourth-order valence-corrected chi connectivity index (χ4v) is 1.53. The first-order valence-electron chi connectivity index (χ1n) is 4.84. The topological polar surface area (TPSA) is 54.6 Å². The van der Waals surface area contributed by atoms with Gasteiger partial charge in [0.05, 0.1) is 5.69 Å². The van der Waals surface area contributed by atoms with Crippen LogP contribution in [0.5, 0.6) is 5.75 Å². The minimum absolute atomic E-state index is 0.249. The van der Waals surface area contributed by atoms with Crippen molar-refractivity contribution in [1.29, 1.82) is 0 Å². The second-order valence-corrected chi connectivity index (χ2v) is 3.50. The van der Waals surface area contributed by atoms with Crippen molar-refractivity contribution in [1.82, 2.24) is 9.38 Å². The minimum Gasteiger partial charge on any atom is -0.502 e. The molecule has 4 heteroatoms. The average Bonchev–Trinajstić information content (AvgIpc) is 2.24. The highest BCUT2D eigenvalue weighted by Gasteiger charge is 2.09. The van der Waals surface area contributed by atoms with Gasteiger partial charge in [-0.3, -0.25) is 9.20 Å². The molecular formula is C11H12N2O2. The van der Waals surface area contributed by atoms with Gasteiger partial charge in [0.2, 0.25) is 5.75 Å². The van der Waals surface area contributed by atoms with Crippen LogP contribution >= 0.6 is 0 Å². The molecule has 0 aliphatic heterocycles. The molecule has 2 aromatic rings. The third kappa shape index (κ3) is 1.48. The lowest BCUT2D eigenvalue weighted by Gasteiger charge is -2.05. The minimum atomic E-state index is -0.402. The van der Waals surface area contributed by atoms with Crippen molar-refractivity contribution < 1.29 is 5.11 Å². The van der Waals surface area contributed by atoms with Crippen LogP contribution in [0.2, 0.25) is 0 Å². The highest BCUT2D eigenvalue weighted by atomic mass is 16.3. The number of aromatic nitrogens is 2. The molecule has 0 saturated heterocycles. The van der Waals surface area contributed by atoms with E-state index in [0.717, 1.165) is 5.56 Å². The number of fused-ring (bicyclic) bond motifs is 1. The third-order valence-corrected chi connectivity index (χ3v) is 2.35. The summed E-state index contributed by atoms with van der Waals surface area (Å²) in [5.41, 5.74) is 1.57. The van der Waals surface area contributed by atoms with Gasteiger partial charge in [-0.2, -0.15) is 0 Å². The fraction of sp³-hybridized carbons (Fsp3) is 0.273. The van der Waals surface area contributed by atoms with Crippen LogP contribution in [0.3, 0.4) is 0 Å². The predicted octanol–water partition coefficient (Wildman–Crippen LogP) is 1.27. The van der Waals surface area contributed by atoms with Gasteiger partial charge in [0.25, 0.3) is 5.56 Å². The summed E-state index contributed by atoms with van der Waals surface area (Å²) >= 11 is 0. The molecule has 0 aliphatic rings. The van der Waals surface area contributed by atoms with Crippen LogP contribution in [0.15, 0.2) is 23.1 Å². The summed E-state index contributed by atoms with van der Waals surface area (Å²) in [5.74, 6) is -0.249. The van der Waals surface area contributed by atoms with E-state index in [1.165, 1.54) is 4.40 Å². The summed E-state index contributed by atoms with van der Waals surface area (Å²) in [6, 6.07) is 3.66. The van der Waals surface area contributed by atoms with Crippen molar-refractivity contribution >= 4 is 5.65 Å². The number of hydrogen-bond acceptors (Lipinski definition) is 3. The number of pyridine rings is 1. The zero-order valence-electron chi connectivity index (χ0n) is 8.69. The zero-order valence-corrected chi connectivity index (χ0v) is 8.69. The molecule has 0 fully saturated rings. The Morgan fingerprint density at radius 1 is 1.47 bits per heavy atom. The number of hydrogen-bond donors (Lipinski definition) is 1. The van der Waals surface area contributed by atoms with Crippen LogP contribution in [-0.4, -0.2) is 14.5 Å². The van der Waals surface area contributed by atoms with Gasteiger partial charge in [-0.1, -0.05) is 13.0 Å². The van der Waals surface area contributed by atoms with Crippen molar-refractivity contribution in [2.75, 3.05) is 0 Å². The average molecular weight is 204 g/mol. The molecule has 2 rings (SSSR count). The molecule has 4 nitrogen and oxygen atoms in total. The molecule has 0 bridgehead atoms. The number of aryl methyl sites for hydroxylation is 2. The summed E-state index contributed by atoms with van der Waals surface area (Å²) in [5, 5.41) is 9.59. The number of nitrogens with zero attached hydrogens (tertiary/aromatic N) is 2. The van der Waals surface area contributed by atoms with Gasteiger partial charge >= 0.3 is 0 Å². The molecule has 0 spiro atoms. The van der Waals surface area contributed by atoms with Crippen molar-refractivity contribution in [2.45, 2.75) is 20.3 Å². The van der Waals surface area contributed by atoms with E-state index in [2.05, 4.69) is 4.98 Å². The Kier molecular flexibility index (Phi) is 2.19. The summed E-state index contributed by atoms with van der Waals surface area (Å²) in [7, 11) is 0. The molecule has 2 aromatic heterocycles. The highest BCUT2D eigenvalue weighted by molar-refractivity contribution is 5.43. The van der Waals surface area contributed by atoms with Crippen LogP contribution < -0.4 is 5.56 Å². The van der Waals surface area contributed by atoms with Crippen LogP contribution in [0, 0.1) is 6.92 Å². The summed E-state index contributed by atoms with van der Waals surface area (Å²) in [6.07, 6.45) is 2.22. The van der Waals surface area contributed by atoms with Crippen molar-refractivity contribution in [3.05, 3.63) is 39.9 Å². The van der Waals surface area contributed by atoms with Gasteiger partial charge in [0.1, 0.15) is 5.65 Å². The smallest absolute Gasteiger partial charge is 0.300 e. The van der Waals surface area contributed by atoms with Crippen LogP contribution in [0.4, 0.5) is 0 Å². The molecule has 0 radical (unpaired) electrons. The van der Waals surface area contributed by atoms with E-state index in [1.807, 2.05) is 19.9 Å². The molecule has 0 aromatic carbocycles. The van der Waals surface area contributed by atoms with E-state index >= 15 is 0 Å². The first-order chi connectivity index (χ1) is 7.13. The SMILES string of the molecule is CCc1nc2ccc(C)cn2c(=O)c1O. The molecule has 2 heterocycles. The second kappa shape index (κ2) is 3.38. The first kappa shape index (κ1) is 9.71. The van der Waals surface area contributed by atoms with Gasteiger partial charge in [0, 0.05) is 6.20 Å². The van der Waals surface area contributed by atoms with E-state index < -0.39 is 5.56 Å². The molecule has 15 heavy (non-hydrogen) atoms. The predicted molar refractivity (Wildman–Crippen MR) is 57.2 cm³/mol. The quantitative estimate of drug-likeness (QED) is 0.761. The van der Waals surface area contributed by atoms with Gasteiger partial charge in [-0.25, -0.2) is 4.98 Å². The molecule has 0 aliphatic carbocycles. The largest absolute Gasteiger partial charge is 0.502 e. The second-order valence-electron chi connectivity index (χ2n) is 3.50. The summed E-state index contributed by atoms with van der Waals surface area (Å²) in [6.45, 7) is 3.74. The van der Waals surface area contributed by atoms with E-state index in [9.17, 15) is 9.90 Å². The molecule has 1 N–H and O–H groups in total. The van der Waals surface area contributed by atoms with E-state index in [-0.39, 0.29) is 5.75 Å². The molecule has 0 unspecified atom stereocenters. The Bertz CT molecular complexity index is 573. The highest BCUT2D eigenvalue weighted by Crippen LogP contribution is 2.11. The van der Waals surface area contributed by atoms with E-state index in [0.29, 0.717) is 17.8 Å². The number of aromatic hydroxyl groups is 1. The molecule has 0 atom stereocenters. The lowest BCUT2D eigenvalue weighted by Crippen LogP contribution is -2.16. The fourth-order valence-electron chi connectivity index (χ4n) is 1.53. The van der Waals surface area contributed by atoms with E-state index in [1.54, 1.807) is 12.3 Å². The standard InChI is InChI=1S/C11H12N2O2/c1-3-8-10(14)11(15)13-6-7(2)4-5-9(13)12-8/h4-6,14H,3H2,1-2H3. The van der Waals surface area contributed by atoms with Crippen LogP contribution in [0.1, 0.15) is 18.2 Å².